The lowest BCUT2D eigenvalue weighted by atomic mass is 10.00. The summed E-state index contributed by atoms with van der Waals surface area (Å²) >= 11 is 0. The number of ether oxygens (including phenoxy) is 1. The van der Waals surface area contributed by atoms with Crippen molar-refractivity contribution in [1.29, 1.82) is 0 Å². The standard InChI is InChI=1S/C41H42N6O5/c1-24-6-7-28(38-26(3)44-52-27(38)4)18-36(24)46(31-12-9-30(10-13-31)41(42-5)16-17-41)20-25(2)51-33-22-45(23-33)32-11-8-29-21-47(40(50)34(29)19-32)35-14-15-37(48)43-39(35)49/h6-13,18-19,25,33,35H,14-17,20-23H2,1-4H3,(H,43,48,49). The lowest BCUT2D eigenvalue weighted by molar-refractivity contribution is -0.136. The van der Waals surface area contributed by atoms with E-state index in [1.807, 2.05) is 32.0 Å². The maximum Gasteiger partial charge on any atom is 0.258 e. The third-order valence-corrected chi connectivity index (χ3v) is 11.1. The van der Waals surface area contributed by atoms with E-state index in [2.05, 4.69) is 81.4 Å². The van der Waals surface area contributed by atoms with E-state index in [-0.39, 0.29) is 36.0 Å². The molecule has 11 heteroatoms. The van der Waals surface area contributed by atoms with Crippen molar-refractivity contribution in [3.05, 3.63) is 106 Å². The van der Waals surface area contributed by atoms with Crippen LogP contribution < -0.4 is 15.1 Å². The Labute approximate surface area is 303 Å². The molecule has 3 amide bonds. The van der Waals surface area contributed by atoms with Crippen LogP contribution >= 0.6 is 0 Å². The van der Waals surface area contributed by atoms with Crippen LogP contribution in [0.2, 0.25) is 0 Å². The average molecular weight is 699 g/mol. The summed E-state index contributed by atoms with van der Waals surface area (Å²) in [6, 6.07) is 20.2. The molecule has 11 nitrogen and oxygen atoms in total. The SMILES string of the molecule is [C-]#[N+]C1(c2ccc(N(CC(C)OC3CN(c4ccc5c(c4)C(=O)N(C4CCC(=O)NC4=O)C5)C3)c3cc(-c4c(C)noc4C)ccc3C)cc2)CC1. The van der Waals surface area contributed by atoms with Crippen molar-refractivity contribution in [2.75, 3.05) is 29.4 Å². The van der Waals surface area contributed by atoms with Gasteiger partial charge >= 0.3 is 0 Å². The minimum atomic E-state index is -0.627. The summed E-state index contributed by atoms with van der Waals surface area (Å²) in [6.45, 7) is 18.2. The van der Waals surface area contributed by atoms with Crippen LogP contribution in [0, 0.1) is 27.3 Å². The molecule has 1 aliphatic carbocycles. The molecule has 0 spiro atoms. The van der Waals surface area contributed by atoms with Crippen LogP contribution in [0.5, 0.6) is 0 Å². The van der Waals surface area contributed by atoms with Gasteiger partial charge in [-0.2, -0.15) is 0 Å². The van der Waals surface area contributed by atoms with E-state index < -0.39 is 11.9 Å². The van der Waals surface area contributed by atoms with Crippen LogP contribution in [-0.4, -0.2) is 65.7 Å². The van der Waals surface area contributed by atoms with E-state index in [9.17, 15) is 14.4 Å². The van der Waals surface area contributed by atoms with E-state index in [1.165, 1.54) is 0 Å². The Morgan fingerprint density at radius 3 is 2.50 bits per heavy atom. The minimum Gasteiger partial charge on any atom is -0.370 e. The normalized spacial score (nSPS) is 19.9. The van der Waals surface area contributed by atoms with Crippen LogP contribution in [-0.2, 0) is 26.4 Å². The molecule has 266 valence electrons. The molecule has 2 atom stereocenters. The van der Waals surface area contributed by atoms with Crippen molar-refractivity contribution < 1.29 is 23.6 Å². The molecule has 4 heterocycles. The van der Waals surface area contributed by atoms with Crippen LogP contribution in [0.1, 0.15) is 71.1 Å². The molecule has 2 saturated heterocycles. The van der Waals surface area contributed by atoms with Gasteiger partial charge in [-0.1, -0.05) is 23.4 Å². The molecule has 4 aromatic rings. The molecule has 4 aliphatic rings. The van der Waals surface area contributed by atoms with Gasteiger partial charge in [0, 0.05) is 79.2 Å². The Balaban J connectivity index is 0.968. The Morgan fingerprint density at radius 2 is 1.83 bits per heavy atom. The van der Waals surface area contributed by atoms with E-state index in [0.717, 1.165) is 69.2 Å². The Bertz CT molecular complexity index is 2100. The van der Waals surface area contributed by atoms with Gasteiger partial charge in [0.15, 0.2) is 0 Å². The number of carbonyl (C=O) groups excluding carboxylic acids is 3. The number of nitrogens with zero attached hydrogens (tertiary/aromatic N) is 5. The van der Waals surface area contributed by atoms with E-state index in [4.69, 9.17) is 15.8 Å². The Hall–Kier alpha value is -5.47. The van der Waals surface area contributed by atoms with Crippen LogP contribution in [0.3, 0.4) is 0 Å². The first-order chi connectivity index (χ1) is 25.0. The van der Waals surface area contributed by atoms with Crippen molar-refractivity contribution in [3.8, 4) is 11.1 Å². The van der Waals surface area contributed by atoms with Gasteiger partial charge in [0.1, 0.15) is 11.8 Å². The second-order valence-corrected chi connectivity index (χ2v) is 14.7. The molecule has 1 N–H and O–H groups in total. The molecule has 1 saturated carbocycles. The summed E-state index contributed by atoms with van der Waals surface area (Å²) in [6.07, 6.45) is 2.30. The summed E-state index contributed by atoms with van der Waals surface area (Å²) in [5.41, 5.74) is 9.28. The zero-order valence-electron chi connectivity index (χ0n) is 29.9. The fourth-order valence-corrected chi connectivity index (χ4v) is 7.93. The number of piperidine rings is 1. The zero-order chi connectivity index (χ0) is 36.3. The van der Waals surface area contributed by atoms with E-state index >= 15 is 0 Å². The number of anilines is 3. The molecular formula is C41H42N6O5. The number of aryl methyl sites for hydroxylation is 3. The molecule has 3 aromatic carbocycles. The van der Waals surface area contributed by atoms with Crippen LogP contribution in [0.15, 0.2) is 65.2 Å². The largest absolute Gasteiger partial charge is 0.370 e. The fraction of sp³-hybridized carbons (Fsp3) is 0.390. The van der Waals surface area contributed by atoms with Crippen molar-refractivity contribution in [2.45, 2.75) is 83.7 Å². The summed E-state index contributed by atoms with van der Waals surface area (Å²) in [4.78, 5) is 47.5. The van der Waals surface area contributed by atoms with Gasteiger partial charge in [0.2, 0.25) is 11.8 Å². The van der Waals surface area contributed by atoms with Crippen molar-refractivity contribution in [2.24, 2.45) is 0 Å². The zero-order valence-corrected chi connectivity index (χ0v) is 29.9. The summed E-state index contributed by atoms with van der Waals surface area (Å²) in [7, 11) is 0. The quantitative estimate of drug-likeness (QED) is 0.150. The first kappa shape index (κ1) is 33.7. The predicted octanol–water partition coefficient (Wildman–Crippen LogP) is 6.37. The number of nitrogens with one attached hydrogen (secondary N) is 1. The number of fused-ring (bicyclic) bond motifs is 1. The molecule has 1 aromatic heterocycles. The average Bonchev–Trinajstić information content (AvgIpc) is 3.76. The lowest BCUT2D eigenvalue weighted by Crippen LogP contribution is -2.54. The molecule has 8 rings (SSSR count). The third-order valence-electron chi connectivity index (χ3n) is 11.1. The maximum absolute atomic E-state index is 13.4. The second-order valence-electron chi connectivity index (χ2n) is 14.7. The topological polar surface area (TPSA) is 113 Å². The number of rotatable bonds is 10. The monoisotopic (exact) mass is 698 g/mol. The highest BCUT2D eigenvalue weighted by Gasteiger charge is 2.52. The first-order valence-corrected chi connectivity index (χ1v) is 18.0. The highest BCUT2D eigenvalue weighted by atomic mass is 16.5. The first-order valence-electron chi connectivity index (χ1n) is 18.0. The number of hydrogen-bond donors (Lipinski definition) is 1. The summed E-state index contributed by atoms with van der Waals surface area (Å²) < 4.78 is 12.1. The van der Waals surface area contributed by atoms with Crippen LogP contribution in [0.25, 0.3) is 16.0 Å². The maximum atomic E-state index is 13.4. The minimum absolute atomic E-state index is 0.0197. The predicted molar refractivity (Wildman–Crippen MR) is 196 cm³/mol. The van der Waals surface area contributed by atoms with Gasteiger partial charge in [-0.3, -0.25) is 19.7 Å². The molecule has 3 aliphatic heterocycles. The Kier molecular flexibility index (Phi) is 8.38. The number of imide groups is 1. The molecule has 0 radical (unpaired) electrons. The second kappa shape index (κ2) is 12.9. The third kappa shape index (κ3) is 6.01. The van der Waals surface area contributed by atoms with E-state index in [0.29, 0.717) is 38.2 Å². The molecule has 3 fully saturated rings. The number of hydrogen-bond acceptors (Lipinski definition) is 8. The Morgan fingerprint density at radius 1 is 1.06 bits per heavy atom. The van der Waals surface area contributed by atoms with Crippen molar-refractivity contribution in [1.82, 2.24) is 15.4 Å². The molecular weight excluding hydrogens is 656 g/mol. The summed E-state index contributed by atoms with van der Waals surface area (Å²) in [5.74, 6) is -0.0841. The fourth-order valence-electron chi connectivity index (χ4n) is 7.93. The summed E-state index contributed by atoms with van der Waals surface area (Å²) in [5, 5.41) is 6.55. The van der Waals surface area contributed by atoms with Crippen molar-refractivity contribution >= 4 is 34.8 Å². The van der Waals surface area contributed by atoms with E-state index in [1.54, 1.807) is 4.90 Å². The van der Waals surface area contributed by atoms with Gasteiger partial charge in [-0.15, -0.1) is 0 Å². The van der Waals surface area contributed by atoms with Gasteiger partial charge in [0.05, 0.1) is 17.9 Å². The number of carbonyl (C=O) groups is 3. The molecule has 0 bridgehead atoms. The smallest absolute Gasteiger partial charge is 0.258 e. The van der Waals surface area contributed by atoms with Crippen LogP contribution in [0.4, 0.5) is 17.1 Å². The number of amides is 3. The van der Waals surface area contributed by atoms with Crippen molar-refractivity contribution in [3.63, 3.8) is 0 Å². The molecule has 2 unspecified atom stereocenters. The van der Waals surface area contributed by atoms with Gasteiger partial charge in [-0.05, 0) is 93.3 Å². The van der Waals surface area contributed by atoms with Gasteiger partial charge in [-0.25, -0.2) is 6.57 Å². The number of aromatic nitrogens is 1. The lowest BCUT2D eigenvalue weighted by Gasteiger charge is -2.42. The van der Waals surface area contributed by atoms with Gasteiger partial charge < -0.3 is 28.8 Å². The molecule has 52 heavy (non-hydrogen) atoms. The highest BCUT2D eigenvalue weighted by molar-refractivity contribution is 6.05. The highest BCUT2D eigenvalue weighted by Crippen LogP contribution is 2.50. The van der Waals surface area contributed by atoms with Gasteiger partial charge in [0.25, 0.3) is 11.4 Å². The number of benzene rings is 3.